The third kappa shape index (κ3) is 2.52. The van der Waals surface area contributed by atoms with Gasteiger partial charge in [0.25, 0.3) is 5.56 Å². The molecule has 0 aliphatic rings. The van der Waals surface area contributed by atoms with E-state index in [-0.39, 0.29) is 19.0 Å². The minimum absolute atomic E-state index is 0.00595. The second-order valence-corrected chi connectivity index (χ2v) is 3.05. The van der Waals surface area contributed by atoms with E-state index in [1.165, 1.54) is 24.9 Å². The summed E-state index contributed by atoms with van der Waals surface area (Å²) in [6, 6.07) is 0. The molecule has 1 aromatic rings. The lowest BCUT2D eigenvalue weighted by Crippen LogP contribution is -2.37. The van der Waals surface area contributed by atoms with Crippen LogP contribution in [0, 0.1) is 11.8 Å². The molecule has 0 saturated carbocycles. The molecule has 0 atom stereocenters. The van der Waals surface area contributed by atoms with Crippen LogP contribution in [0.4, 0.5) is 0 Å². The number of aliphatic hydroxyl groups is 1. The van der Waals surface area contributed by atoms with Crippen molar-refractivity contribution >= 4 is 0 Å². The van der Waals surface area contributed by atoms with Gasteiger partial charge in [0.15, 0.2) is 0 Å². The molecule has 0 aromatic carbocycles. The molecular weight excluding hydrogens is 212 g/mol. The fraction of sp³-hybridized carbons (Fsp3) is 0.400. The maximum Gasteiger partial charge on any atom is 0.330 e. The third-order valence-corrected chi connectivity index (χ3v) is 1.92. The van der Waals surface area contributed by atoms with Gasteiger partial charge in [-0.05, 0) is 0 Å². The minimum Gasteiger partial charge on any atom is -0.474 e. The molecular formula is C10H12N2O4. The predicted molar refractivity (Wildman–Crippen MR) is 57.3 cm³/mol. The Kier molecular flexibility index (Phi) is 3.91. The molecule has 0 aliphatic heterocycles. The van der Waals surface area contributed by atoms with Crippen molar-refractivity contribution in [2.45, 2.75) is 0 Å². The normalized spacial score (nSPS) is 9.44. The lowest BCUT2D eigenvalue weighted by atomic mass is 10.5. The highest BCUT2D eigenvalue weighted by atomic mass is 16.5. The fourth-order valence-corrected chi connectivity index (χ4v) is 1.09. The van der Waals surface area contributed by atoms with Gasteiger partial charge in [0.05, 0.1) is 6.20 Å². The van der Waals surface area contributed by atoms with Crippen molar-refractivity contribution in [3.8, 4) is 17.6 Å². The Morgan fingerprint density at radius 2 is 2.06 bits per heavy atom. The van der Waals surface area contributed by atoms with Crippen LogP contribution in [-0.2, 0) is 14.1 Å². The number of rotatable bonds is 2. The molecule has 0 unspecified atom stereocenters. The van der Waals surface area contributed by atoms with E-state index in [4.69, 9.17) is 9.84 Å². The highest BCUT2D eigenvalue weighted by molar-refractivity contribution is 5.14. The van der Waals surface area contributed by atoms with Crippen molar-refractivity contribution in [1.82, 2.24) is 9.13 Å². The van der Waals surface area contributed by atoms with Crippen LogP contribution in [0.2, 0.25) is 0 Å². The van der Waals surface area contributed by atoms with Gasteiger partial charge in [0.1, 0.15) is 13.2 Å². The van der Waals surface area contributed by atoms with Crippen molar-refractivity contribution < 1.29 is 9.84 Å². The molecule has 0 saturated heterocycles. The van der Waals surface area contributed by atoms with Gasteiger partial charge in [-0.1, -0.05) is 11.8 Å². The molecule has 0 fully saturated rings. The Morgan fingerprint density at radius 1 is 1.38 bits per heavy atom. The van der Waals surface area contributed by atoms with Gasteiger partial charge in [0.2, 0.25) is 5.75 Å². The number of aryl methyl sites for hydroxylation is 1. The zero-order valence-electron chi connectivity index (χ0n) is 9.06. The number of aromatic nitrogens is 2. The predicted octanol–water partition coefficient (Wildman–Crippen LogP) is -1.54. The molecule has 0 radical (unpaired) electrons. The summed E-state index contributed by atoms with van der Waals surface area (Å²) in [6.07, 6.45) is 1.31. The highest BCUT2D eigenvalue weighted by Gasteiger charge is 2.06. The van der Waals surface area contributed by atoms with Crippen LogP contribution < -0.4 is 16.0 Å². The largest absolute Gasteiger partial charge is 0.474 e. The summed E-state index contributed by atoms with van der Waals surface area (Å²) in [7, 11) is 2.89. The Morgan fingerprint density at radius 3 is 2.69 bits per heavy atom. The Balaban J connectivity index is 2.98. The van der Waals surface area contributed by atoms with Crippen molar-refractivity contribution in [3.63, 3.8) is 0 Å². The van der Waals surface area contributed by atoms with Gasteiger partial charge in [-0.25, -0.2) is 4.79 Å². The lowest BCUT2D eigenvalue weighted by Gasteiger charge is -2.05. The first-order chi connectivity index (χ1) is 7.57. The van der Waals surface area contributed by atoms with E-state index in [1.54, 1.807) is 0 Å². The van der Waals surface area contributed by atoms with Gasteiger partial charge < -0.3 is 9.84 Å². The minimum atomic E-state index is -0.506. The molecule has 1 rings (SSSR count). The lowest BCUT2D eigenvalue weighted by molar-refractivity contribution is 0.344. The van der Waals surface area contributed by atoms with Crippen LogP contribution in [0.3, 0.4) is 0 Å². The van der Waals surface area contributed by atoms with E-state index in [0.717, 1.165) is 4.57 Å². The SMILES string of the molecule is Cn1cc(OCC#CCO)c(=O)n(C)c1=O. The molecule has 0 spiro atoms. The summed E-state index contributed by atoms with van der Waals surface area (Å²) in [6.45, 7) is -0.261. The van der Waals surface area contributed by atoms with E-state index in [1.807, 2.05) is 0 Å². The van der Waals surface area contributed by atoms with Crippen molar-refractivity contribution in [2.24, 2.45) is 14.1 Å². The first-order valence-corrected chi connectivity index (χ1v) is 4.54. The first-order valence-electron chi connectivity index (χ1n) is 4.54. The van der Waals surface area contributed by atoms with Crippen LogP contribution in [0.5, 0.6) is 5.75 Å². The summed E-state index contributed by atoms with van der Waals surface area (Å²) in [4.78, 5) is 22.9. The molecule has 0 aliphatic carbocycles. The summed E-state index contributed by atoms with van der Waals surface area (Å²) in [5, 5.41) is 8.40. The highest BCUT2D eigenvalue weighted by Crippen LogP contribution is 1.97. The summed E-state index contributed by atoms with van der Waals surface area (Å²) in [5.41, 5.74) is -0.923. The molecule has 6 nitrogen and oxygen atoms in total. The van der Waals surface area contributed by atoms with Crippen LogP contribution in [0.25, 0.3) is 0 Å². The van der Waals surface area contributed by atoms with Crippen LogP contribution >= 0.6 is 0 Å². The monoisotopic (exact) mass is 224 g/mol. The maximum atomic E-state index is 11.5. The fourth-order valence-electron chi connectivity index (χ4n) is 1.09. The van der Waals surface area contributed by atoms with Gasteiger partial charge in [-0.15, -0.1) is 0 Å². The molecule has 1 aromatic heterocycles. The molecule has 0 bridgehead atoms. The van der Waals surface area contributed by atoms with Gasteiger partial charge in [-0.3, -0.25) is 13.9 Å². The second-order valence-electron chi connectivity index (χ2n) is 3.05. The van der Waals surface area contributed by atoms with Crippen molar-refractivity contribution in [2.75, 3.05) is 13.2 Å². The number of hydrogen-bond donors (Lipinski definition) is 1. The van der Waals surface area contributed by atoms with Gasteiger partial charge in [-0.2, -0.15) is 0 Å². The van der Waals surface area contributed by atoms with E-state index in [0.29, 0.717) is 0 Å². The second kappa shape index (κ2) is 5.19. The average Bonchev–Trinajstić information content (AvgIpc) is 2.28. The molecule has 1 N–H and O–H groups in total. The zero-order chi connectivity index (χ0) is 12.1. The van der Waals surface area contributed by atoms with E-state index in [2.05, 4.69) is 11.8 Å². The van der Waals surface area contributed by atoms with Crippen molar-refractivity contribution in [1.29, 1.82) is 0 Å². The Labute approximate surface area is 91.7 Å². The van der Waals surface area contributed by atoms with Gasteiger partial charge in [0, 0.05) is 14.1 Å². The number of ether oxygens (including phenoxy) is 1. The Hall–Kier alpha value is -2.00. The molecule has 0 amide bonds. The molecule has 1 heterocycles. The quantitative estimate of drug-likeness (QED) is 0.618. The van der Waals surface area contributed by atoms with E-state index < -0.39 is 11.2 Å². The average molecular weight is 224 g/mol. The standard InChI is InChI=1S/C10H12N2O4/c1-11-7-8(16-6-4-3-5-13)9(14)12(2)10(11)15/h7,13H,5-6H2,1-2H3. The van der Waals surface area contributed by atoms with E-state index in [9.17, 15) is 9.59 Å². The summed E-state index contributed by atoms with van der Waals surface area (Å²) in [5.74, 6) is 4.94. The third-order valence-electron chi connectivity index (χ3n) is 1.92. The smallest absolute Gasteiger partial charge is 0.330 e. The summed E-state index contributed by atoms with van der Waals surface area (Å²) < 4.78 is 7.28. The van der Waals surface area contributed by atoms with E-state index >= 15 is 0 Å². The number of nitrogens with zero attached hydrogens (tertiary/aromatic N) is 2. The molecule has 6 heteroatoms. The maximum absolute atomic E-state index is 11.5. The van der Waals surface area contributed by atoms with Crippen LogP contribution in [0.1, 0.15) is 0 Å². The van der Waals surface area contributed by atoms with Gasteiger partial charge >= 0.3 is 5.69 Å². The summed E-state index contributed by atoms with van der Waals surface area (Å²) >= 11 is 0. The zero-order valence-corrected chi connectivity index (χ0v) is 9.06. The van der Waals surface area contributed by atoms with Crippen LogP contribution in [0.15, 0.2) is 15.8 Å². The number of hydrogen-bond acceptors (Lipinski definition) is 4. The van der Waals surface area contributed by atoms with Crippen LogP contribution in [-0.4, -0.2) is 27.5 Å². The topological polar surface area (TPSA) is 73.5 Å². The molecule has 16 heavy (non-hydrogen) atoms. The molecule has 86 valence electrons. The number of aliphatic hydroxyl groups excluding tert-OH is 1. The van der Waals surface area contributed by atoms with Crippen molar-refractivity contribution in [3.05, 3.63) is 27.0 Å². The Bertz CT molecular complexity index is 545. The first kappa shape index (κ1) is 12.1.